The van der Waals surface area contributed by atoms with Gasteiger partial charge in [0.25, 0.3) is 0 Å². The molecule has 0 saturated carbocycles. The van der Waals surface area contributed by atoms with Crippen molar-refractivity contribution >= 4 is 12.8 Å². The molecule has 0 fully saturated rings. The molecular formula is C8H12N2S. The number of thiol groups is 1. The van der Waals surface area contributed by atoms with E-state index < -0.39 is 0 Å². The summed E-state index contributed by atoms with van der Waals surface area (Å²) in [6.45, 7) is 0.771. The minimum atomic E-state index is 0.771. The topological polar surface area (TPSA) is 29.3 Å². The molecule has 0 atom stereocenters. The summed E-state index contributed by atoms with van der Waals surface area (Å²) in [6, 6.07) is 10.2. The summed E-state index contributed by atoms with van der Waals surface area (Å²) < 4.78 is 1.40. The average Bonchev–Trinajstić information content (AvgIpc) is 2.03. The van der Waals surface area contributed by atoms with Gasteiger partial charge in [-0.25, -0.2) is 0 Å². The molecule has 0 amide bonds. The van der Waals surface area contributed by atoms with Gasteiger partial charge >= 0.3 is 0 Å². The van der Waals surface area contributed by atoms with Crippen LogP contribution in [0.2, 0.25) is 0 Å². The Kier molecular flexibility index (Phi) is 3.42. The van der Waals surface area contributed by atoms with E-state index in [0.29, 0.717) is 0 Å². The second-order valence-corrected chi connectivity index (χ2v) is 2.91. The van der Waals surface area contributed by atoms with Gasteiger partial charge in [-0.2, -0.15) is 4.41 Å². The van der Waals surface area contributed by atoms with Crippen LogP contribution in [0.5, 0.6) is 0 Å². The molecule has 11 heavy (non-hydrogen) atoms. The van der Waals surface area contributed by atoms with Gasteiger partial charge in [-0.05, 0) is 12.0 Å². The number of nitrogens with two attached hydrogens (primary N) is 1. The zero-order chi connectivity index (χ0) is 8.10. The molecule has 1 rings (SSSR count). The minimum Gasteiger partial charge on any atom is -0.259 e. The van der Waals surface area contributed by atoms with Gasteiger partial charge in [0.2, 0.25) is 0 Å². The second-order valence-electron chi connectivity index (χ2n) is 2.40. The first-order valence-electron chi connectivity index (χ1n) is 3.54. The highest BCUT2D eigenvalue weighted by Crippen LogP contribution is 1.99. The molecule has 0 aliphatic carbocycles. The normalized spacial score (nSPS) is 10.5. The van der Waals surface area contributed by atoms with E-state index in [9.17, 15) is 0 Å². The molecule has 2 N–H and O–H groups in total. The molecule has 0 aliphatic heterocycles. The van der Waals surface area contributed by atoms with E-state index >= 15 is 0 Å². The van der Waals surface area contributed by atoms with Crippen LogP contribution >= 0.6 is 12.8 Å². The molecule has 60 valence electrons. The van der Waals surface area contributed by atoms with Crippen LogP contribution in [0.4, 0.5) is 0 Å². The number of hydrogen-bond donors (Lipinski definition) is 2. The van der Waals surface area contributed by atoms with Gasteiger partial charge in [0.15, 0.2) is 0 Å². The highest BCUT2D eigenvalue weighted by molar-refractivity contribution is 7.77. The smallest absolute Gasteiger partial charge is 0.0280 e. The number of hydrogen-bond acceptors (Lipinski definition) is 3. The highest BCUT2D eigenvalue weighted by atomic mass is 32.1. The van der Waals surface area contributed by atoms with Crippen molar-refractivity contribution in [2.45, 2.75) is 6.42 Å². The molecule has 1 aromatic carbocycles. The van der Waals surface area contributed by atoms with Crippen LogP contribution in [-0.2, 0) is 6.42 Å². The Morgan fingerprint density at radius 2 is 1.91 bits per heavy atom. The van der Waals surface area contributed by atoms with E-state index in [-0.39, 0.29) is 0 Å². The van der Waals surface area contributed by atoms with E-state index in [1.165, 1.54) is 9.98 Å². The zero-order valence-electron chi connectivity index (χ0n) is 6.27. The fourth-order valence-corrected chi connectivity index (χ4v) is 0.988. The lowest BCUT2D eigenvalue weighted by Crippen LogP contribution is -2.22. The number of benzene rings is 1. The van der Waals surface area contributed by atoms with Crippen LogP contribution in [0.3, 0.4) is 0 Å². The fourth-order valence-electron chi connectivity index (χ4n) is 0.888. The largest absolute Gasteiger partial charge is 0.259 e. The van der Waals surface area contributed by atoms with E-state index in [4.69, 9.17) is 5.84 Å². The number of rotatable bonds is 3. The van der Waals surface area contributed by atoms with Crippen LogP contribution in [-0.4, -0.2) is 11.0 Å². The van der Waals surface area contributed by atoms with Gasteiger partial charge in [0.1, 0.15) is 0 Å². The van der Waals surface area contributed by atoms with Crippen molar-refractivity contribution in [2.24, 2.45) is 5.84 Å². The third-order valence-corrected chi connectivity index (χ3v) is 1.67. The lowest BCUT2D eigenvalue weighted by molar-refractivity contribution is 0.508. The van der Waals surface area contributed by atoms with Crippen molar-refractivity contribution in [3.8, 4) is 0 Å². The lowest BCUT2D eigenvalue weighted by atomic mass is 10.2. The predicted molar refractivity (Wildman–Crippen MR) is 50.0 cm³/mol. The Bertz CT molecular complexity index is 199. The van der Waals surface area contributed by atoms with Crippen molar-refractivity contribution in [3.63, 3.8) is 0 Å². The van der Waals surface area contributed by atoms with Crippen LogP contribution in [0.1, 0.15) is 5.56 Å². The summed E-state index contributed by atoms with van der Waals surface area (Å²) in [7, 11) is 0. The van der Waals surface area contributed by atoms with Crippen LogP contribution < -0.4 is 5.84 Å². The highest BCUT2D eigenvalue weighted by Gasteiger charge is 1.92. The van der Waals surface area contributed by atoms with Gasteiger partial charge in [-0.1, -0.05) is 43.1 Å². The van der Waals surface area contributed by atoms with Crippen LogP contribution in [0.25, 0.3) is 0 Å². The Balaban J connectivity index is 2.39. The molecule has 0 unspecified atom stereocenters. The van der Waals surface area contributed by atoms with Gasteiger partial charge in [-0.3, -0.25) is 5.84 Å². The zero-order valence-corrected chi connectivity index (χ0v) is 7.17. The molecule has 0 spiro atoms. The molecule has 0 saturated heterocycles. The summed E-state index contributed by atoms with van der Waals surface area (Å²) in [5.41, 5.74) is 1.29. The fraction of sp³-hybridized carbons (Fsp3) is 0.250. The van der Waals surface area contributed by atoms with E-state index in [1.54, 1.807) is 0 Å². The van der Waals surface area contributed by atoms with Crippen molar-refractivity contribution in [1.82, 2.24) is 4.41 Å². The molecule has 0 aromatic heterocycles. The van der Waals surface area contributed by atoms with E-state index in [2.05, 4.69) is 24.9 Å². The maximum Gasteiger partial charge on any atom is 0.0280 e. The monoisotopic (exact) mass is 168 g/mol. The molecule has 0 bridgehead atoms. The summed E-state index contributed by atoms with van der Waals surface area (Å²) in [6.07, 6.45) is 0.945. The minimum absolute atomic E-state index is 0.771. The number of hydrazine groups is 1. The molecule has 0 radical (unpaired) electrons. The third kappa shape index (κ3) is 3.41. The van der Waals surface area contributed by atoms with E-state index in [0.717, 1.165) is 13.0 Å². The number of nitrogens with zero attached hydrogens (tertiary/aromatic N) is 1. The Morgan fingerprint density at radius 3 is 2.45 bits per heavy atom. The molecule has 2 nitrogen and oxygen atoms in total. The maximum atomic E-state index is 5.34. The second kappa shape index (κ2) is 4.38. The van der Waals surface area contributed by atoms with Crippen molar-refractivity contribution in [1.29, 1.82) is 0 Å². The van der Waals surface area contributed by atoms with E-state index in [1.807, 2.05) is 18.2 Å². The maximum absolute atomic E-state index is 5.34. The van der Waals surface area contributed by atoms with Gasteiger partial charge in [-0.15, -0.1) is 0 Å². The lowest BCUT2D eigenvalue weighted by Gasteiger charge is -2.06. The van der Waals surface area contributed by atoms with Crippen LogP contribution in [0.15, 0.2) is 30.3 Å². The molecule has 0 aliphatic rings. The Hall–Kier alpha value is -0.510. The average molecular weight is 168 g/mol. The van der Waals surface area contributed by atoms with Crippen LogP contribution in [0, 0.1) is 0 Å². The first-order chi connectivity index (χ1) is 5.29. The van der Waals surface area contributed by atoms with Crippen molar-refractivity contribution in [3.05, 3.63) is 35.9 Å². The SMILES string of the molecule is NN(S)CCc1ccccc1. The summed E-state index contributed by atoms with van der Waals surface area (Å²) >= 11 is 3.94. The molecular weight excluding hydrogens is 156 g/mol. The van der Waals surface area contributed by atoms with Crippen molar-refractivity contribution < 1.29 is 0 Å². The Labute approximate surface area is 72.5 Å². The molecule has 3 heteroatoms. The summed E-state index contributed by atoms with van der Waals surface area (Å²) in [5, 5.41) is 0. The Morgan fingerprint density at radius 1 is 1.27 bits per heavy atom. The summed E-state index contributed by atoms with van der Waals surface area (Å²) in [5.74, 6) is 5.34. The third-order valence-electron chi connectivity index (χ3n) is 1.47. The first-order valence-corrected chi connectivity index (χ1v) is 3.94. The quantitative estimate of drug-likeness (QED) is 0.404. The molecule has 1 aromatic rings. The standard InChI is InChI=1S/C8H12N2S/c9-10(11)7-6-8-4-2-1-3-5-8/h1-5,11H,6-7,9H2. The van der Waals surface area contributed by atoms with Gasteiger partial charge in [0, 0.05) is 6.54 Å². The van der Waals surface area contributed by atoms with Crippen molar-refractivity contribution in [2.75, 3.05) is 6.54 Å². The van der Waals surface area contributed by atoms with Gasteiger partial charge in [0.05, 0.1) is 0 Å². The first kappa shape index (κ1) is 8.59. The van der Waals surface area contributed by atoms with Gasteiger partial charge < -0.3 is 0 Å². The molecule has 0 heterocycles. The predicted octanol–water partition coefficient (Wildman–Crippen LogP) is 1.25. The summed E-state index contributed by atoms with van der Waals surface area (Å²) in [4.78, 5) is 0.